The lowest BCUT2D eigenvalue weighted by molar-refractivity contribution is -0.139. The first-order chi connectivity index (χ1) is 9.25. The van der Waals surface area contributed by atoms with Crippen LogP contribution in [0, 0.1) is 0 Å². The van der Waals surface area contributed by atoms with Crippen LogP contribution in [0.25, 0.3) is 0 Å². The number of anilines is 1. The average molecular weight is 282 g/mol. The summed E-state index contributed by atoms with van der Waals surface area (Å²) in [6.07, 6.45) is 3.65. The van der Waals surface area contributed by atoms with Crippen molar-refractivity contribution in [2.24, 2.45) is 0 Å². The van der Waals surface area contributed by atoms with Crippen LogP contribution in [-0.4, -0.2) is 42.4 Å². The summed E-state index contributed by atoms with van der Waals surface area (Å²) in [5, 5.41) is 10.3. The van der Waals surface area contributed by atoms with Crippen molar-refractivity contribution in [3.05, 3.63) is 10.6 Å². The van der Waals surface area contributed by atoms with Gasteiger partial charge in [-0.1, -0.05) is 0 Å². The Hall–Kier alpha value is -1.14. The molecule has 1 atom stereocenters. The number of aryl methyl sites for hydroxylation is 1. The van der Waals surface area contributed by atoms with E-state index in [0.717, 1.165) is 56.4 Å². The van der Waals surface area contributed by atoms with Crippen molar-refractivity contribution in [2.45, 2.75) is 31.6 Å². The fourth-order valence-electron chi connectivity index (χ4n) is 2.72. The number of ether oxygens (including phenoxy) is 1. The second kappa shape index (κ2) is 5.46. The van der Waals surface area contributed by atoms with Crippen molar-refractivity contribution < 1.29 is 14.6 Å². The van der Waals surface area contributed by atoms with E-state index in [2.05, 4.69) is 9.88 Å². The second-order valence-corrected chi connectivity index (χ2v) is 6.10. The van der Waals surface area contributed by atoms with E-state index in [-0.39, 0.29) is 0 Å². The third-order valence-corrected chi connectivity index (χ3v) is 4.93. The fraction of sp³-hybridized carbons (Fsp3) is 0.692. The average Bonchev–Trinajstić information content (AvgIpc) is 2.65. The third kappa shape index (κ3) is 2.60. The number of thiazole rings is 1. The van der Waals surface area contributed by atoms with Gasteiger partial charge in [-0.3, -0.25) is 4.79 Å². The summed E-state index contributed by atoms with van der Waals surface area (Å²) in [6.45, 7) is 3.33. The maximum atomic E-state index is 11.3. The molecule has 1 aliphatic heterocycles. The molecule has 104 valence electrons. The van der Waals surface area contributed by atoms with Crippen LogP contribution in [0.1, 0.15) is 35.8 Å². The Bertz CT molecular complexity index is 466. The maximum absolute atomic E-state index is 11.3. The molecule has 19 heavy (non-hydrogen) atoms. The number of aromatic nitrogens is 1. The highest BCUT2D eigenvalue weighted by Gasteiger charge is 2.31. The highest BCUT2D eigenvalue weighted by molar-refractivity contribution is 7.15. The second-order valence-electron chi connectivity index (χ2n) is 5.04. The number of aliphatic carboxylic acids is 1. The predicted molar refractivity (Wildman–Crippen MR) is 73.1 cm³/mol. The Morgan fingerprint density at radius 1 is 1.37 bits per heavy atom. The summed E-state index contributed by atoms with van der Waals surface area (Å²) < 4.78 is 5.45. The van der Waals surface area contributed by atoms with Gasteiger partial charge in [0.05, 0.1) is 12.3 Å². The van der Waals surface area contributed by atoms with Gasteiger partial charge in [-0.05, 0) is 25.7 Å². The molecule has 1 saturated heterocycles. The molecule has 0 amide bonds. The fourth-order valence-corrected chi connectivity index (χ4v) is 3.93. The van der Waals surface area contributed by atoms with Crippen molar-refractivity contribution in [2.75, 3.05) is 31.2 Å². The van der Waals surface area contributed by atoms with Gasteiger partial charge < -0.3 is 14.7 Å². The lowest BCUT2D eigenvalue weighted by Gasteiger charge is -2.18. The first kappa shape index (κ1) is 12.9. The van der Waals surface area contributed by atoms with Crippen LogP contribution in [0.15, 0.2) is 0 Å². The minimum absolute atomic E-state index is 0.406. The molecular formula is C13H18N2O3S. The number of carbonyl (C=O) groups is 1. The Kier molecular flexibility index (Phi) is 3.70. The van der Waals surface area contributed by atoms with Gasteiger partial charge in [-0.25, -0.2) is 4.98 Å². The number of carboxylic acid groups (broad SMARTS) is 1. The zero-order valence-corrected chi connectivity index (χ0v) is 11.6. The van der Waals surface area contributed by atoms with E-state index in [1.54, 1.807) is 11.3 Å². The molecule has 3 rings (SSSR count). The Morgan fingerprint density at radius 2 is 2.26 bits per heavy atom. The van der Waals surface area contributed by atoms with Crippen LogP contribution < -0.4 is 4.90 Å². The van der Waals surface area contributed by atoms with E-state index in [0.29, 0.717) is 6.42 Å². The zero-order valence-electron chi connectivity index (χ0n) is 10.8. The van der Waals surface area contributed by atoms with E-state index < -0.39 is 11.9 Å². The Labute approximate surface area is 116 Å². The van der Waals surface area contributed by atoms with Gasteiger partial charge >= 0.3 is 5.97 Å². The molecule has 6 heteroatoms. The zero-order chi connectivity index (χ0) is 13.2. The molecule has 1 aliphatic carbocycles. The van der Waals surface area contributed by atoms with Crippen LogP contribution in [-0.2, 0) is 16.0 Å². The highest BCUT2D eigenvalue weighted by atomic mass is 32.1. The van der Waals surface area contributed by atoms with Gasteiger partial charge in [0.1, 0.15) is 5.92 Å². The van der Waals surface area contributed by atoms with Crippen molar-refractivity contribution in [3.63, 3.8) is 0 Å². The predicted octanol–water partition coefficient (Wildman–Crippen LogP) is 1.87. The van der Waals surface area contributed by atoms with Gasteiger partial charge in [0.25, 0.3) is 0 Å². The molecule has 0 aromatic carbocycles. The van der Waals surface area contributed by atoms with Crippen LogP contribution in [0.2, 0.25) is 0 Å². The van der Waals surface area contributed by atoms with Gasteiger partial charge in [0.2, 0.25) is 0 Å². The van der Waals surface area contributed by atoms with Gasteiger partial charge in [-0.15, -0.1) is 11.3 Å². The summed E-state index contributed by atoms with van der Waals surface area (Å²) in [5.41, 5.74) is 0.809. The van der Waals surface area contributed by atoms with Crippen LogP contribution in [0.4, 0.5) is 5.13 Å². The lowest BCUT2D eigenvalue weighted by atomic mass is 9.91. The minimum atomic E-state index is -0.739. The summed E-state index contributed by atoms with van der Waals surface area (Å²) in [6, 6.07) is 0. The third-order valence-electron chi connectivity index (χ3n) is 3.73. The van der Waals surface area contributed by atoms with Gasteiger partial charge in [-0.2, -0.15) is 0 Å². The quantitative estimate of drug-likeness (QED) is 0.897. The molecule has 2 aliphatic rings. The molecule has 2 heterocycles. The number of rotatable bonds is 2. The van der Waals surface area contributed by atoms with Crippen molar-refractivity contribution in [1.82, 2.24) is 4.98 Å². The molecule has 0 saturated carbocycles. The van der Waals surface area contributed by atoms with E-state index in [1.165, 1.54) is 4.88 Å². The molecule has 1 aromatic rings. The normalized spacial score (nSPS) is 23.8. The molecular weight excluding hydrogens is 264 g/mol. The Balaban J connectivity index is 1.86. The maximum Gasteiger partial charge on any atom is 0.312 e. The lowest BCUT2D eigenvalue weighted by Crippen LogP contribution is -2.25. The summed E-state index contributed by atoms with van der Waals surface area (Å²) in [5.74, 6) is -1.14. The number of fused-ring (bicyclic) bond motifs is 1. The first-order valence-electron chi connectivity index (χ1n) is 6.81. The molecule has 0 spiro atoms. The molecule has 5 nitrogen and oxygen atoms in total. The van der Waals surface area contributed by atoms with Gasteiger partial charge in [0.15, 0.2) is 5.13 Å². The van der Waals surface area contributed by atoms with Crippen molar-refractivity contribution >= 4 is 22.4 Å². The number of carboxylic acids is 1. The summed E-state index contributed by atoms with van der Waals surface area (Å²) >= 11 is 1.67. The first-order valence-corrected chi connectivity index (χ1v) is 7.62. The molecule has 0 radical (unpaired) electrons. The molecule has 0 bridgehead atoms. The summed E-state index contributed by atoms with van der Waals surface area (Å²) in [4.78, 5) is 19.3. The van der Waals surface area contributed by atoms with Crippen LogP contribution in [0.3, 0.4) is 0 Å². The number of hydrogen-bond acceptors (Lipinski definition) is 5. The molecule has 1 aromatic heterocycles. The summed E-state index contributed by atoms with van der Waals surface area (Å²) in [7, 11) is 0. The monoisotopic (exact) mass is 282 g/mol. The van der Waals surface area contributed by atoms with E-state index in [4.69, 9.17) is 4.74 Å². The van der Waals surface area contributed by atoms with E-state index in [1.807, 2.05) is 0 Å². The smallest absolute Gasteiger partial charge is 0.312 e. The van der Waals surface area contributed by atoms with Crippen molar-refractivity contribution in [3.8, 4) is 0 Å². The Morgan fingerprint density at radius 3 is 3.11 bits per heavy atom. The topological polar surface area (TPSA) is 62.7 Å². The minimum Gasteiger partial charge on any atom is -0.481 e. The van der Waals surface area contributed by atoms with E-state index >= 15 is 0 Å². The van der Waals surface area contributed by atoms with Gasteiger partial charge in [0, 0.05) is 24.6 Å². The SMILES string of the molecule is O=C(O)C1CCCc2sc(N3CCCOCC3)nc21. The standard InChI is InChI=1S/C13H18N2O3S/c16-12(17)9-3-1-4-10-11(9)14-13(19-10)15-5-2-7-18-8-6-15/h9H,1-8H2,(H,16,17). The number of nitrogens with zero attached hydrogens (tertiary/aromatic N) is 2. The van der Waals surface area contributed by atoms with Crippen LogP contribution >= 0.6 is 11.3 Å². The largest absolute Gasteiger partial charge is 0.481 e. The van der Waals surface area contributed by atoms with Crippen LogP contribution in [0.5, 0.6) is 0 Å². The molecule has 1 unspecified atom stereocenters. The number of hydrogen-bond donors (Lipinski definition) is 1. The molecule has 1 fully saturated rings. The molecule has 1 N–H and O–H groups in total. The van der Waals surface area contributed by atoms with Crippen molar-refractivity contribution in [1.29, 1.82) is 0 Å². The highest BCUT2D eigenvalue weighted by Crippen LogP contribution is 2.38. The van der Waals surface area contributed by atoms with E-state index in [9.17, 15) is 9.90 Å².